The summed E-state index contributed by atoms with van der Waals surface area (Å²) in [5.74, 6) is 1.18. The first-order valence-corrected chi connectivity index (χ1v) is 11.1. The van der Waals surface area contributed by atoms with Crippen LogP contribution < -0.4 is 9.64 Å². The third-order valence-electron chi connectivity index (χ3n) is 5.89. The molecule has 1 saturated heterocycles. The number of anilines is 1. The summed E-state index contributed by atoms with van der Waals surface area (Å²) >= 11 is 0. The largest absolute Gasteiger partial charge is 0.495 e. The van der Waals surface area contributed by atoms with Crippen molar-refractivity contribution < 1.29 is 14.3 Å². The van der Waals surface area contributed by atoms with E-state index in [1.807, 2.05) is 48.5 Å². The van der Waals surface area contributed by atoms with Gasteiger partial charge in [0.2, 0.25) is 0 Å². The van der Waals surface area contributed by atoms with E-state index in [2.05, 4.69) is 23.7 Å². The summed E-state index contributed by atoms with van der Waals surface area (Å²) in [6, 6.07) is 15.1. The molecule has 2 aliphatic heterocycles. The maximum absolute atomic E-state index is 13.0. The van der Waals surface area contributed by atoms with Gasteiger partial charge in [0, 0.05) is 43.9 Å². The topological polar surface area (TPSA) is 65.5 Å². The zero-order chi connectivity index (χ0) is 22.7. The fourth-order valence-corrected chi connectivity index (χ4v) is 4.33. The van der Waals surface area contributed by atoms with E-state index < -0.39 is 0 Å². The van der Waals surface area contributed by atoms with Crippen molar-refractivity contribution in [3.63, 3.8) is 0 Å². The molecule has 0 aromatic heterocycles. The van der Waals surface area contributed by atoms with Crippen LogP contribution >= 0.6 is 0 Å². The Morgan fingerprint density at radius 3 is 2.34 bits per heavy atom. The molecule has 7 nitrogen and oxygen atoms in total. The molecule has 0 N–H and O–H groups in total. The Bertz CT molecular complexity index is 1030. The average Bonchev–Trinajstić information content (AvgIpc) is 2.81. The van der Waals surface area contributed by atoms with E-state index in [0.29, 0.717) is 56.5 Å². The third-order valence-corrected chi connectivity index (χ3v) is 5.89. The van der Waals surface area contributed by atoms with Crippen molar-refractivity contribution in [2.24, 2.45) is 10.9 Å². The Labute approximate surface area is 189 Å². The molecule has 0 saturated carbocycles. The minimum Gasteiger partial charge on any atom is -0.495 e. The second kappa shape index (κ2) is 9.42. The maximum Gasteiger partial charge on any atom is 0.343 e. The molecular weight excluding hydrogens is 404 g/mol. The van der Waals surface area contributed by atoms with Crippen LogP contribution in [0.3, 0.4) is 0 Å². The van der Waals surface area contributed by atoms with Gasteiger partial charge in [-0.3, -0.25) is 4.79 Å². The number of rotatable bonds is 4. The summed E-state index contributed by atoms with van der Waals surface area (Å²) < 4.78 is 5.48. The number of urea groups is 1. The van der Waals surface area contributed by atoms with Crippen molar-refractivity contribution in [3.8, 4) is 5.75 Å². The molecule has 3 amide bonds. The zero-order valence-corrected chi connectivity index (χ0v) is 19.0. The van der Waals surface area contributed by atoms with Crippen LogP contribution in [0.5, 0.6) is 5.75 Å². The first-order valence-electron chi connectivity index (χ1n) is 11.1. The van der Waals surface area contributed by atoms with Crippen molar-refractivity contribution in [1.29, 1.82) is 0 Å². The van der Waals surface area contributed by atoms with Gasteiger partial charge < -0.3 is 19.4 Å². The summed E-state index contributed by atoms with van der Waals surface area (Å²) in [5.41, 5.74) is 3.08. The molecule has 7 heteroatoms. The van der Waals surface area contributed by atoms with Gasteiger partial charge in [-0.1, -0.05) is 44.2 Å². The molecule has 168 valence electrons. The molecule has 0 spiro atoms. The number of fused-ring (bicyclic) bond motifs is 1. The molecule has 0 aliphatic carbocycles. The lowest BCUT2D eigenvalue weighted by atomic mass is 9.96. The highest BCUT2D eigenvalue weighted by atomic mass is 16.5. The SMILES string of the molecule is COc1ccccc1N1CCN(C(=O)N=C2CN(CC(C)C)C(=O)c3ccccc32)CC1. The first-order chi connectivity index (χ1) is 15.5. The van der Waals surface area contributed by atoms with Crippen LogP contribution in [0.2, 0.25) is 0 Å². The van der Waals surface area contributed by atoms with E-state index in [0.717, 1.165) is 17.0 Å². The number of hydrogen-bond acceptors (Lipinski definition) is 4. The smallest absolute Gasteiger partial charge is 0.343 e. The highest BCUT2D eigenvalue weighted by Crippen LogP contribution is 2.28. The lowest BCUT2D eigenvalue weighted by molar-refractivity contribution is 0.0755. The van der Waals surface area contributed by atoms with E-state index in [-0.39, 0.29) is 11.9 Å². The fourth-order valence-electron chi connectivity index (χ4n) is 4.33. The number of aliphatic imine (C=N–C) groups is 1. The van der Waals surface area contributed by atoms with Crippen molar-refractivity contribution in [1.82, 2.24) is 9.80 Å². The predicted octanol–water partition coefficient (Wildman–Crippen LogP) is 3.54. The van der Waals surface area contributed by atoms with Crippen LogP contribution in [0.1, 0.15) is 29.8 Å². The molecule has 0 atom stereocenters. The lowest BCUT2D eigenvalue weighted by Crippen LogP contribution is -2.49. The van der Waals surface area contributed by atoms with Gasteiger partial charge in [-0.05, 0) is 24.1 Å². The summed E-state index contributed by atoms with van der Waals surface area (Å²) in [5, 5.41) is 0. The minimum atomic E-state index is -0.242. The van der Waals surface area contributed by atoms with Crippen LogP contribution in [0, 0.1) is 5.92 Å². The summed E-state index contributed by atoms with van der Waals surface area (Å²) in [6.45, 7) is 7.76. The Morgan fingerprint density at radius 1 is 1.00 bits per heavy atom. The standard InChI is InChI=1S/C25H30N4O3/c1-18(2)16-29-17-21(19-8-4-5-9-20(19)24(29)30)26-25(31)28-14-12-27(13-15-28)22-10-6-7-11-23(22)32-3/h4-11,18H,12-17H2,1-3H3. The molecule has 0 unspecified atom stereocenters. The number of para-hydroxylation sites is 2. The second-order valence-corrected chi connectivity index (χ2v) is 8.61. The normalized spacial score (nSPS) is 17.7. The summed E-state index contributed by atoms with van der Waals surface area (Å²) in [7, 11) is 1.67. The number of piperazine rings is 1. The zero-order valence-electron chi connectivity index (χ0n) is 19.0. The van der Waals surface area contributed by atoms with E-state index in [9.17, 15) is 9.59 Å². The summed E-state index contributed by atoms with van der Waals surface area (Å²) in [4.78, 5) is 36.2. The van der Waals surface area contributed by atoms with Crippen LogP contribution in [-0.2, 0) is 0 Å². The molecule has 0 bridgehead atoms. The number of benzene rings is 2. The van der Waals surface area contributed by atoms with Crippen LogP contribution in [0.25, 0.3) is 0 Å². The van der Waals surface area contributed by atoms with Gasteiger partial charge in [-0.15, -0.1) is 0 Å². The number of carbonyl (C=O) groups excluding carboxylic acids is 2. The lowest BCUT2D eigenvalue weighted by Gasteiger charge is -2.36. The van der Waals surface area contributed by atoms with E-state index in [1.165, 1.54) is 0 Å². The quantitative estimate of drug-likeness (QED) is 0.738. The van der Waals surface area contributed by atoms with Gasteiger partial charge in [-0.2, -0.15) is 4.99 Å². The number of carbonyl (C=O) groups is 2. The van der Waals surface area contributed by atoms with Gasteiger partial charge >= 0.3 is 6.03 Å². The van der Waals surface area contributed by atoms with E-state index >= 15 is 0 Å². The molecule has 2 aromatic carbocycles. The monoisotopic (exact) mass is 434 g/mol. The Morgan fingerprint density at radius 2 is 1.66 bits per heavy atom. The molecule has 2 aliphatic rings. The van der Waals surface area contributed by atoms with Crippen molar-refractivity contribution in [2.75, 3.05) is 51.3 Å². The van der Waals surface area contributed by atoms with Crippen LogP contribution in [-0.4, -0.2) is 73.8 Å². The van der Waals surface area contributed by atoms with Crippen LogP contribution in [0.15, 0.2) is 53.5 Å². The molecule has 32 heavy (non-hydrogen) atoms. The van der Waals surface area contributed by atoms with Crippen LogP contribution in [0.4, 0.5) is 10.5 Å². The Balaban J connectivity index is 1.50. The summed E-state index contributed by atoms with van der Waals surface area (Å²) in [6.07, 6.45) is 0. The molecule has 4 rings (SSSR count). The number of ether oxygens (including phenoxy) is 1. The minimum absolute atomic E-state index is 0.00567. The Kier molecular flexibility index (Phi) is 6.44. The maximum atomic E-state index is 13.0. The number of methoxy groups -OCH3 is 1. The van der Waals surface area contributed by atoms with Gasteiger partial charge in [0.1, 0.15) is 5.75 Å². The van der Waals surface area contributed by atoms with Crippen molar-refractivity contribution >= 4 is 23.3 Å². The van der Waals surface area contributed by atoms with Gasteiger partial charge in [-0.25, -0.2) is 4.79 Å². The number of hydrogen-bond donors (Lipinski definition) is 0. The number of amides is 3. The van der Waals surface area contributed by atoms with Crippen molar-refractivity contribution in [2.45, 2.75) is 13.8 Å². The molecular formula is C25H30N4O3. The van der Waals surface area contributed by atoms with E-state index in [1.54, 1.807) is 16.9 Å². The fraction of sp³-hybridized carbons (Fsp3) is 0.400. The molecule has 1 fully saturated rings. The third kappa shape index (κ3) is 4.47. The Hall–Kier alpha value is -3.35. The van der Waals surface area contributed by atoms with E-state index in [4.69, 9.17) is 4.74 Å². The predicted molar refractivity (Wildman–Crippen MR) is 126 cm³/mol. The molecule has 0 radical (unpaired) electrons. The second-order valence-electron chi connectivity index (χ2n) is 8.61. The highest BCUT2D eigenvalue weighted by molar-refractivity contribution is 6.18. The molecule has 2 aromatic rings. The van der Waals surface area contributed by atoms with Gasteiger partial charge in [0.15, 0.2) is 0 Å². The number of nitrogens with zero attached hydrogens (tertiary/aromatic N) is 4. The molecule has 2 heterocycles. The highest BCUT2D eigenvalue weighted by Gasteiger charge is 2.30. The van der Waals surface area contributed by atoms with Gasteiger partial charge in [0.25, 0.3) is 5.91 Å². The first kappa shape index (κ1) is 21.9. The van der Waals surface area contributed by atoms with Crippen molar-refractivity contribution in [3.05, 3.63) is 59.7 Å². The van der Waals surface area contributed by atoms with Gasteiger partial charge in [0.05, 0.1) is 25.1 Å². The average molecular weight is 435 g/mol.